The van der Waals surface area contributed by atoms with Crippen LogP contribution in [0.3, 0.4) is 0 Å². The third kappa shape index (κ3) is 5.15. The maximum absolute atomic E-state index is 11.2. The second kappa shape index (κ2) is 5.93. The van der Waals surface area contributed by atoms with Gasteiger partial charge in [-0.05, 0) is 31.1 Å². The number of carbonyl (C=O) groups excluding carboxylic acids is 1. The van der Waals surface area contributed by atoms with Crippen LogP contribution in [-0.2, 0) is 9.22 Å². The van der Waals surface area contributed by atoms with Crippen molar-refractivity contribution in [1.29, 1.82) is 0 Å². The summed E-state index contributed by atoms with van der Waals surface area (Å²) in [5, 5.41) is 9.98. The third-order valence-electron chi connectivity index (χ3n) is 3.47. The minimum absolute atomic E-state index is 0.0826. The largest absolute Gasteiger partial charge is 0.412 e. The van der Waals surface area contributed by atoms with E-state index in [0.717, 1.165) is 0 Å². The SMILES string of the molecule is C=CC(=O)C[C@@H](O)[C@H](C)O[Si](C)(C)C(C)(C)C. The van der Waals surface area contributed by atoms with Crippen molar-refractivity contribution in [3.8, 4) is 0 Å². The van der Waals surface area contributed by atoms with Crippen molar-refractivity contribution in [3.05, 3.63) is 12.7 Å². The monoisotopic (exact) mass is 258 g/mol. The zero-order valence-corrected chi connectivity index (χ0v) is 12.9. The number of carbonyl (C=O) groups is 1. The molecule has 2 atom stereocenters. The van der Waals surface area contributed by atoms with Gasteiger partial charge in [0.1, 0.15) is 0 Å². The molecule has 0 spiro atoms. The van der Waals surface area contributed by atoms with E-state index < -0.39 is 14.4 Å². The van der Waals surface area contributed by atoms with E-state index in [2.05, 4.69) is 40.4 Å². The highest BCUT2D eigenvalue weighted by molar-refractivity contribution is 6.74. The predicted molar refractivity (Wildman–Crippen MR) is 73.6 cm³/mol. The van der Waals surface area contributed by atoms with Gasteiger partial charge in [-0.3, -0.25) is 4.79 Å². The molecule has 0 aliphatic carbocycles. The highest BCUT2D eigenvalue weighted by atomic mass is 28.4. The highest BCUT2D eigenvalue weighted by Gasteiger charge is 2.39. The average molecular weight is 258 g/mol. The molecule has 0 unspecified atom stereocenters. The summed E-state index contributed by atoms with van der Waals surface area (Å²) in [7, 11) is -1.89. The van der Waals surface area contributed by atoms with Crippen molar-refractivity contribution < 1.29 is 14.3 Å². The van der Waals surface area contributed by atoms with Crippen LogP contribution in [0.4, 0.5) is 0 Å². The first-order chi connectivity index (χ1) is 7.51. The van der Waals surface area contributed by atoms with Gasteiger partial charge in [0.25, 0.3) is 0 Å². The molecule has 0 saturated heterocycles. The fraction of sp³-hybridized carbons (Fsp3) is 0.769. The Morgan fingerprint density at radius 2 is 1.94 bits per heavy atom. The maximum atomic E-state index is 11.2. The van der Waals surface area contributed by atoms with Crippen molar-refractivity contribution >= 4 is 14.1 Å². The normalized spacial score (nSPS) is 16.4. The Labute approximate surface area is 106 Å². The first-order valence-corrected chi connectivity index (χ1v) is 8.93. The molecule has 0 aromatic heterocycles. The Kier molecular flexibility index (Phi) is 5.78. The van der Waals surface area contributed by atoms with Crippen LogP contribution in [0.2, 0.25) is 18.1 Å². The minimum atomic E-state index is -1.89. The molecule has 0 amide bonds. The van der Waals surface area contributed by atoms with E-state index in [1.54, 1.807) is 0 Å². The van der Waals surface area contributed by atoms with Crippen molar-refractivity contribution in [1.82, 2.24) is 0 Å². The molecule has 0 saturated carbocycles. The van der Waals surface area contributed by atoms with Crippen molar-refractivity contribution in [2.75, 3.05) is 0 Å². The lowest BCUT2D eigenvalue weighted by Gasteiger charge is -2.39. The maximum Gasteiger partial charge on any atom is 0.192 e. The summed E-state index contributed by atoms with van der Waals surface area (Å²) in [6.45, 7) is 15.9. The quantitative estimate of drug-likeness (QED) is 0.588. The third-order valence-corrected chi connectivity index (χ3v) is 8.04. The Morgan fingerprint density at radius 1 is 1.47 bits per heavy atom. The van der Waals surface area contributed by atoms with Gasteiger partial charge in [0.05, 0.1) is 12.2 Å². The van der Waals surface area contributed by atoms with Crippen LogP contribution >= 0.6 is 0 Å². The van der Waals surface area contributed by atoms with Crippen LogP contribution in [-0.4, -0.2) is 31.4 Å². The lowest BCUT2D eigenvalue weighted by molar-refractivity contribution is -0.117. The summed E-state index contributed by atoms with van der Waals surface area (Å²) in [6, 6.07) is 0. The number of ketones is 1. The van der Waals surface area contributed by atoms with E-state index in [4.69, 9.17) is 4.43 Å². The van der Waals surface area contributed by atoms with Gasteiger partial charge in [-0.15, -0.1) is 0 Å². The second-order valence-electron chi connectivity index (χ2n) is 6.03. The molecule has 0 bridgehead atoms. The lowest BCUT2D eigenvalue weighted by atomic mass is 10.1. The van der Waals surface area contributed by atoms with Crippen LogP contribution < -0.4 is 0 Å². The second-order valence-corrected chi connectivity index (χ2v) is 10.8. The molecule has 0 aliphatic heterocycles. The van der Waals surface area contributed by atoms with Crippen molar-refractivity contribution in [2.45, 2.75) is 64.5 Å². The molecule has 0 radical (unpaired) electrons. The molecular formula is C13H26O3Si. The topological polar surface area (TPSA) is 46.5 Å². The lowest BCUT2D eigenvalue weighted by Crippen LogP contribution is -2.46. The standard InChI is InChI=1S/C13H26O3Si/c1-8-11(14)9-12(15)10(2)16-17(6,7)13(3,4)5/h8,10,12,15H,1,9H2,2-7H3/t10-,12+/m0/s1. The van der Waals surface area contributed by atoms with E-state index >= 15 is 0 Å². The first-order valence-electron chi connectivity index (χ1n) is 6.02. The molecule has 0 aliphatic rings. The number of hydrogen-bond acceptors (Lipinski definition) is 3. The van der Waals surface area contributed by atoms with Gasteiger partial charge < -0.3 is 9.53 Å². The molecule has 17 heavy (non-hydrogen) atoms. The average Bonchev–Trinajstić information content (AvgIpc) is 2.14. The van der Waals surface area contributed by atoms with Gasteiger partial charge in [-0.1, -0.05) is 27.4 Å². The zero-order chi connectivity index (χ0) is 13.9. The Balaban J connectivity index is 4.48. The summed E-state index contributed by atoms with van der Waals surface area (Å²) in [5.41, 5.74) is 0. The van der Waals surface area contributed by atoms with E-state index in [9.17, 15) is 9.90 Å². The van der Waals surface area contributed by atoms with E-state index in [1.165, 1.54) is 6.08 Å². The highest BCUT2D eigenvalue weighted by Crippen LogP contribution is 2.37. The smallest absolute Gasteiger partial charge is 0.192 e. The van der Waals surface area contributed by atoms with Crippen LogP contribution in [0.25, 0.3) is 0 Å². The molecule has 3 nitrogen and oxygen atoms in total. The summed E-state index contributed by atoms with van der Waals surface area (Å²) in [6.07, 6.45) is 0.246. The van der Waals surface area contributed by atoms with Gasteiger partial charge in [0.15, 0.2) is 14.1 Å². The summed E-state index contributed by atoms with van der Waals surface area (Å²) in [4.78, 5) is 11.2. The number of aliphatic hydroxyl groups excluding tert-OH is 1. The fourth-order valence-corrected chi connectivity index (χ4v) is 2.62. The Hall–Kier alpha value is -0.453. The van der Waals surface area contributed by atoms with Gasteiger partial charge in [-0.2, -0.15) is 0 Å². The summed E-state index contributed by atoms with van der Waals surface area (Å²) >= 11 is 0. The van der Waals surface area contributed by atoms with Crippen LogP contribution in [0, 0.1) is 0 Å². The molecule has 0 heterocycles. The first kappa shape index (κ1) is 16.5. The molecule has 100 valence electrons. The van der Waals surface area contributed by atoms with E-state index in [1.807, 2.05) is 6.92 Å². The van der Waals surface area contributed by atoms with Gasteiger partial charge in [0.2, 0.25) is 0 Å². The van der Waals surface area contributed by atoms with Crippen LogP contribution in [0.1, 0.15) is 34.1 Å². The van der Waals surface area contributed by atoms with Gasteiger partial charge in [-0.25, -0.2) is 0 Å². The Morgan fingerprint density at radius 3 is 2.29 bits per heavy atom. The molecule has 0 fully saturated rings. The van der Waals surface area contributed by atoms with Gasteiger partial charge >= 0.3 is 0 Å². The van der Waals surface area contributed by atoms with Gasteiger partial charge in [0, 0.05) is 6.42 Å². The van der Waals surface area contributed by atoms with E-state index in [0.29, 0.717) is 0 Å². The number of rotatable bonds is 6. The molecule has 4 heteroatoms. The predicted octanol–water partition coefficient (Wildman–Crippen LogP) is 2.90. The van der Waals surface area contributed by atoms with Crippen LogP contribution in [0.5, 0.6) is 0 Å². The number of aliphatic hydroxyl groups is 1. The van der Waals surface area contributed by atoms with Crippen molar-refractivity contribution in [2.24, 2.45) is 0 Å². The summed E-state index contributed by atoms with van der Waals surface area (Å²) < 4.78 is 6.01. The molecule has 0 aromatic carbocycles. The fourth-order valence-electron chi connectivity index (χ4n) is 1.18. The number of allylic oxidation sites excluding steroid dienone is 1. The zero-order valence-electron chi connectivity index (χ0n) is 11.9. The molecular weight excluding hydrogens is 232 g/mol. The van der Waals surface area contributed by atoms with Crippen LogP contribution in [0.15, 0.2) is 12.7 Å². The van der Waals surface area contributed by atoms with Crippen molar-refractivity contribution in [3.63, 3.8) is 0 Å². The Bertz CT molecular complexity index is 279. The summed E-state index contributed by atoms with van der Waals surface area (Å²) in [5.74, 6) is -0.150. The molecule has 0 rings (SSSR count). The van der Waals surface area contributed by atoms with E-state index in [-0.39, 0.29) is 23.3 Å². The molecule has 0 aromatic rings. The minimum Gasteiger partial charge on any atom is -0.412 e. The number of hydrogen-bond donors (Lipinski definition) is 1. The molecule has 1 N–H and O–H groups in total.